The maximum atomic E-state index is 10.7. The normalized spacial score (nSPS) is 10.0. The van der Waals surface area contributed by atoms with Crippen molar-refractivity contribution in [3.8, 4) is 0 Å². The van der Waals surface area contributed by atoms with Crippen LogP contribution in [0.1, 0.15) is 12.6 Å². The Labute approximate surface area is 74.3 Å². The van der Waals surface area contributed by atoms with Crippen molar-refractivity contribution in [1.82, 2.24) is 9.78 Å². The molecule has 1 heterocycles. The van der Waals surface area contributed by atoms with Gasteiger partial charge in [-0.2, -0.15) is 4.68 Å². The van der Waals surface area contributed by atoms with Crippen LogP contribution in [0, 0.1) is 17.0 Å². The second-order valence-corrected chi connectivity index (χ2v) is 2.76. The second-order valence-electron chi connectivity index (χ2n) is 2.76. The standard InChI is InChI=1S/C7H9N3O3/c1-5-3-7(10(12)13)8-9(5)4-6(2)11/h3H,4H2,1-2H3. The molecule has 0 N–H and O–H groups in total. The van der Waals surface area contributed by atoms with Crippen LogP contribution in [-0.2, 0) is 11.3 Å². The van der Waals surface area contributed by atoms with E-state index in [2.05, 4.69) is 5.10 Å². The SMILES string of the molecule is CC(=O)Cn1nc([N+](=O)[O-])cc1C. The van der Waals surface area contributed by atoms with Crippen LogP contribution in [0.4, 0.5) is 5.82 Å². The Bertz CT molecular complexity index is 356. The molecule has 6 heteroatoms. The summed E-state index contributed by atoms with van der Waals surface area (Å²) in [6.45, 7) is 3.16. The molecule has 0 spiro atoms. The number of rotatable bonds is 3. The number of nitro groups is 1. The highest BCUT2D eigenvalue weighted by Crippen LogP contribution is 2.10. The average molecular weight is 183 g/mol. The third-order valence-corrected chi connectivity index (χ3v) is 1.53. The summed E-state index contributed by atoms with van der Waals surface area (Å²) in [5, 5.41) is 13.9. The topological polar surface area (TPSA) is 78.0 Å². The summed E-state index contributed by atoms with van der Waals surface area (Å²) in [5.74, 6) is -0.306. The Hall–Kier alpha value is -1.72. The van der Waals surface area contributed by atoms with Crippen molar-refractivity contribution in [3.05, 3.63) is 21.9 Å². The number of aromatic nitrogens is 2. The predicted octanol–water partition coefficient (Wildman–Crippen LogP) is 0.689. The zero-order valence-electron chi connectivity index (χ0n) is 7.35. The number of nitrogens with zero attached hydrogens (tertiary/aromatic N) is 3. The quantitative estimate of drug-likeness (QED) is 0.510. The van der Waals surface area contributed by atoms with Gasteiger partial charge in [-0.25, -0.2) is 0 Å². The van der Waals surface area contributed by atoms with Gasteiger partial charge in [0.25, 0.3) is 0 Å². The van der Waals surface area contributed by atoms with E-state index >= 15 is 0 Å². The van der Waals surface area contributed by atoms with Crippen molar-refractivity contribution in [2.24, 2.45) is 0 Å². The summed E-state index contributed by atoms with van der Waals surface area (Å²) in [7, 11) is 0. The Morgan fingerprint density at radius 2 is 2.38 bits per heavy atom. The Kier molecular flexibility index (Phi) is 2.41. The molecule has 0 amide bonds. The highest BCUT2D eigenvalue weighted by atomic mass is 16.6. The molecule has 1 aromatic heterocycles. The molecule has 0 aliphatic rings. The first-order chi connectivity index (χ1) is 6.00. The lowest BCUT2D eigenvalue weighted by atomic mass is 10.4. The minimum absolute atomic E-state index is 0.0823. The van der Waals surface area contributed by atoms with Crippen molar-refractivity contribution in [1.29, 1.82) is 0 Å². The predicted molar refractivity (Wildman–Crippen MR) is 44.3 cm³/mol. The van der Waals surface area contributed by atoms with Gasteiger partial charge in [0.2, 0.25) is 0 Å². The number of ketones is 1. The first kappa shape index (κ1) is 9.37. The van der Waals surface area contributed by atoms with Crippen molar-refractivity contribution in [2.75, 3.05) is 0 Å². The Balaban J connectivity index is 2.96. The maximum Gasteiger partial charge on any atom is 0.390 e. The molecule has 0 unspecified atom stereocenters. The van der Waals surface area contributed by atoms with Crippen LogP contribution in [0.15, 0.2) is 6.07 Å². The van der Waals surface area contributed by atoms with Crippen LogP contribution in [0.2, 0.25) is 0 Å². The van der Waals surface area contributed by atoms with E-state index < -0.39 is 4.92 Å². The van der Waals surface area contributed by atoms with Crippen LogP contribution in [0.5, 0.6) is 0 Å². The van der Waals surface area contributed by atoms with E-state index in [0.717, 1.165) is 0 Å². The van der Waals surface area contributed by atoms with Crippen LogP contribution < -0.4 is 0 Å². The minimum atomic E-state index is -0.580. The smallest absolute Gasteiger partial charge is 0.358 e. The monoisotopic (exact) mass is 183 g/mol. The molecule has 1 rings (SSSR count). The maximum absolute atomic E-state index is 10.7. The average Bonchev–Trinajstić information content (AvgIpc) is 2.31. The van der Waals surface area contributed by atoms with Gasteiger partial charge >= 0.3 is 5.82 Å². The third-order valence-electron chi connectivity index (χ3n) is 1.53. The van der Waals surface area contributed by atoms with E-state index in [4.69, 9.17) is 0 Å². The molecule has 6 nitrogen and oxygen atoms in total. The molecular weight excluding hydrogens is 174 g/mol. The lowest BCUT2D eigenvalue weighted by molar-refractivity contribution is -0.389. The molecule has 0 aliphatic heterocycles. The van der Waals surface area contributed by atoms with E-state index in [1.54, 1.807) is 6.92 Å². The largest absolute Gasteiger partial charge is 0.390 e. The summed E-state index contributed by atoms with van der Waals surface area (Å²) in [6.07, 6.45) is 0. The zero-order chi connectivity index (χ0) is 10.0. The van der Waals surface area contributed by atoms with Crippen molar-refractivity contribution >= 4 is 11.6 Å². The molecule has 13 heavy (non-hydrogen) atoms. The van der Waals surface area contributed by atoms with Gasteiger partial charge < -0.3 is 10.1 Å². The van der Waals surface area contributed by atoms with Crippen molar-refractivity contribution in [3.63, 3.8) is 0 Å². The van der Waals surface area contributed by atoms with Gasteiger partial charge in [-0.15, -0.1) is 0 Å². The van der Waals surface area contributed by atoms with Gasteiger partial charge in [0.15, 0.2) is 5.78 Å². The van der Waals surface area contributed by atoms with E-state index in [1.165, 1.54) is 17.7 Å². The first-order valence-corrected chi connectivity index (χ1v) is 3.69. The first-order valence-electron chi connectivity index (χ1n) is 3.69. The summed E-state index contributed by atoms with van der Waals surface area (Å²) in [5.41, 5.74) is 0.613. The van der Waals surface area contributed by atoms with Crippen LogP contribution in [-0.4, -0.2) is 20.5 Å². The number of hydrogen-bond donors (Lipinski definition) is 0. The van der Waals surface area contributed by atoms with Crippen LogP contribution in [0.3, 0.4) is 0 Å². The fraction of sp³-hybridized carbons (Fsp3) is 0.429. The van der Waals surface area contributed by atoms with Gasteiger partial charge in [-0.3, -0.25) is 4.79 Å². The van der Waals surface area contributed by atoms with Gasteiger partial charge in [0, 0.05) is 0 Å². The minimum Gasteiger partial charge on any atom is -0.358 e. The van der Waals surface area contributed by atoms with Gasteiger partial charge in [-0.1, -0.05) is 0 Å². The lowest BCUT2D eigenvalue weighted by Gasteiger charge is -1.92. The fourth-order valence-electron chi connectivity index (χ4n) is 0.953. The van der Waals surface area contributed by atoms with E-state index in [1.807, 2.05) is 0 Å². The number of Topliss-reactive ketones (excluding diaryl/α,β-unsaturated/α-hetero) is 1. The molecule has 0 atom stereocenters. The molecule has 0 aliphatic carbocycles. The fourth-order valence-corrected chi connectivity index (χ4v) is 0.953. The third kappa shape index (κ3) is 2.11. The molecule has 0 aromatic carbocycles. The highest BCUT2D eigenvalue weighted by molar-refractivity contribution is 5.75. The van der Waals surface area contributed by atoms with Gasteiger partial charge in [0.05, 0.1) is 16.9 Å². The van der Waals surface area contributed by atoms with Gasteiger partial charge in [0.1, 0.15) is 6.54 Å². The van der Waals surface area contributed by atoms with Gasteiger partial charge in [-0.05, 0) is 18.8 Å². The second kappa shape index (κ2) is 3.34. The number of aryl methyl sites for hydroxylation is 1. The number of hydrogen-bond acceptors (Lipinski definition) is 4. The zero-order valence-corrected chi connectivity index (χ0v) is 7.35. The molecule has 0 radical (unpaired) electrons. The van der Waals surface area contributed by atoms with Crippen molar-refractivity contribution in [2.45, 2.75) is 20.4 Å². The summed E-state index contributed by atoms with van der Waals surface area (Å²) in [6, 6.07) is 1.34. The lowest BCUT2D eigenvalue weighted by Crippen LogP contribution is -2.09. The van der Waals surface area contributed by atoms with E-state index in [-0.39, 0.29) is 18.1 Å². The summed E-state index contributed by atoms with van der Waals surface area (Å²) < 4.78 is 1.32. The molecule has 0 saturated heterocycles. The van der Waals surface area contributed by atoms with Crippen molar-refractivity contribution < 1.29 is 9.72 Å². The molecule has 70 valence electrons. The Morgan fingerprint density at radius 3 is 2.77 bits per heavy atom. The summed E-state index contributed by atoms with van der Waals surface area (Å²) in [4.78, 5) is 20.4. The highest BCUT2D eigenvalue weighted by Gasteiger charge is 2.15. The molecule has 1 aromatic rings. The van der Waals surface area contributed by atoms with E-state index in [9.17, 15) is 14.9 Å². The van der Waals surface area contributed by atoms with Crippen LogP contribution >= 0.6 is 0 Å². The molecule has 0 bridgehead atoms. The molecular formula is C7H9N3O3. The number of carbonyl (C=O) groups is 1. The molecule has 0 fully saturated rings. The summed E-state index contributed by atoms with van der Waals surface area (Å²) >= 11 is 0. The van der Waals surface area contributed by atoms with Crippen LogP contribution in [0.25, 0.3) is 0 Å². The number of carbonyl (C=O) groups excluding carboxylic acids is 1. The van der Waals surface area contributed by atoms with E-state index in [0.29, 0.717) is 5.69 Å². The molecule has 0 saturated carbocycles. The Morgan fingerprint density at radius 1 is 1.77 bits per heavy atom.